The molecule has 0 aromatic rings. The second-order valence-electron chi connectivity index (χ2n) is 4.47. The third-order valence-corrected chi connectivity index (χ3v) is 3.53. The number of hydrogen-bond acceptors (Lipinski definition) is 2. The largest absolute Gasteiger partial charge is 0.315 e. The molecule has 2 saturated heterocycles. The Balaban J connectivity index is 2.02. The molecule has 2 heterocycles. The molecule has 2 rings (SSSR count). The molecule has 2 aliphatic heterocycles. The van der Waals surface area contributed by atoms with Crippen molar-refractivity contribution in [3.63, 3.8) is 0 Å². The van der Waals surface area contributed by atoms with Gasteiger partial charge in [0.1, 0.15) is 0 Å². The Morgan fingerprint density at radius 2 is 2.08 bits per heavy atom. The summed E-state index contributed by atoms with van der Waals surface area (Å²) in [4.78, 5) is 2.77. The minimum atomic E-state index is 0.848. The molecule has 2 aliphatic rings. The van der Waals surface area contributed by atoms with Crippen LogP contribution in [0.25, 0.3) is 0 Å². The monoisotopic (exact) mass is 182 g/mol. The highest BCUT2D eigenvalue weighted by molar-refractivity contribution is 4.88. The van der Waals surface area contributed by atoms with Gasteiger partial charge in [-0.1, -0.05) is 13.3 Å². The molecule has 2 atom stereocenters. The molecule has 2 heteroatoms. The third kappa shape index (κ3) is 2.05. The lowest BCUT2D eigenvalue weighted by atomic mass is 9.94. The van der Waals surface area contributed by atoms with Crippen LogP contribution in [-0.4, -0.2) is 36.6 Å². The lowest BCUT2D eigenvalue weighted by molar-refractivity contribution is 0.0936. The van der Waals surface area contributed by atoms with Gasteiger partial charge in [0.25, 0.3) is 0 Å². The average molecular weight is 182 g/mol. The highest BCUT2D eigenvalue weighted by atomic mass is 15.2. The van der Waals surface area contributed by atoms with Crippen LogP contribution in [0.4, 0.5) is 0 Å². The molecular weight excluding hydrogens is 160 g/mol. The van der Waals surface area contributed by atoms with Crippen molar-refractivity contribution in [1.82, 2.24) is 10.2 Å². The summed E-state index contributed by atoms with van der Waals surface area (Å²) >= 11 is 0. The van der Waals surface area contributed by atoms with Gasteiger partial charge < -0.3 is 5.32 Å². The van der Waals surface area contributed by atoms with Crippen LogP contribution in [-0.2, 0) is 0 Å². The van der Waals surface area contributed by atoms with E-state index in [0.29, 0.717) is 0 Å². The predicted molar refractivity (Wildman–Crippen MR) is 55.9 cm³/mol. The summed E-state index contributed by atoms with van der Waals surface area (Å²) in [5.41, 5.74) is 0. The summed E-state index contributed by atoms with van der Waals surface area (Å²) in [6, 6.07) is 1.75. The fraction of sp³-hybridized carbons (Fsp3) is 1.00. The van der Waals surface area contributed by atoms with Gasteiger partial charge in [-0.3, -0.25) is 4.90 Å². The normalized spacial score (nSPS) is 35.8. The third-order valence-electron chi connectivity index (χ3n) is 3.53. The van der Waals surface area contributed by atoms with Crippen LogP contribution in [0.3, 0.4) is 0 Å². The highest BCUT2D eigenvalue weighted by Crippen LogP contribution is 2.26. The summed E-state index contributed by atoms with van der Waals surface area (Å²) in [5, 5.41) is 3.57. The van der Waals surface area contributed by atoms with E-state index in [2.05, 4.69) is 17.1 Å². The zero-order valence-electron chi connectivity index (χ0n) is 8.76. The maximum absolute atomic E-state index is 3.57. The number of rotatable bonds is 2. The SMILES string of the molecule is CCCN1[C@H]2CCC[C@@H]1CNCC2. The minimum absolute atomic E-state index is 0.848. The van der Waals surface area contributed by atoms with Crippen molar-refractivity contribution in [3.8, 4) is 0 Å². The predicted octanol–water partition coefficient (Wildman–Crippen LogP) is 1.61. The molecule has 2 fully saturated rings. The maximum atomic E-state index is 3.57. The molecule has 0 unspecified atom stereocenters. The lowest BCUT2D eigenvalue weighted by Crippen LogP contribution is -2.48. The van der Waals surface area contributed by atoms with E-state index in [0.717, 1.165) is 12.1 Å². The molecule has 0 radical (unpaired) electrons. The first kappa shape index (κ1) is 9.47. The molecule has 76 valence electrons. The van der Waals surface area contributed by atoms with Crippen LogP contribution in [0.2, 0.25) is 0 Å². The van der Waals surface area contributed by atoms with Crippen LogP contribution in [0.1, 0.15) is 39.0 Å². The molecular formula is C11H22N2. The first-order chi connectivity index (χ1) is 6.42. The Kier molecular flexibility index (Phi) is 3.23. The number of nitrogens with zero attached hydrogens (tertiary/aromatic N) is 1. The molecule has 0 aromatic heterocycles. The van der Waals surface area contributed by atoms with Crippen molar-refractivity contribution in [2.24, 2.45) is 0 Å². The van der Waals surface area contributed by atoms with E-state index in [4.69, 9.17) is 0 Å². The molecule has 0 aromatic carbocycles. The summed E-state index contributed by atoms with van der Waals surface area (Å²) in [5.74, 6) is 0. The molecule has 2 bridgehead atoms. The van der Waals surface area contributed by atoms with E-state index in [9.17, 15) is 0 Å². The molecule has 1 N–H and O–H groups in total. The fourth-order valence-electron chi connectivity index (χ4n) is 2.91. The summed E-state index contributed by atoms with van der Waals surface area (Å²) < 4.78 is 0. The van der Waals surface area contributed by atoms with Crippen LogP contribution >= 0.6 is 0 Å². The quantitative estimate of drug-likeness (QED) is 0.698. The van der Waals surface area contributed by atoms with Crippen molar-refractivity contribution >= 4 is 0 Å². The van der Waals surface area contributed by atoms with Crippen LogP contribution < -0.4 is 5.32 Å². The standard InChI is InChI=1S/C11H22N2/c1-2-8-13-10-4-3-5-11(13)9-12-7-6-10/h10-12H,2-9H2,1H3/t10-,11+/m0/s1. The van der Waals surface area contributed by atoms with Crippen molar-refractivity contribution in [2.45, 2.75) is 51.1 Å². The van der Waals surface area contributed by atoms with Gasteiger partial charge in [-0.05, 0) is 38.8 Å². The Labute approximate surface area is 81.7 Å². The molecule has 2 nitrogen and oxygen atoms in total. The van der Waals surface area contributed by atoms with E-state index in [1.807, 2.05) is 0 Å². The van der Waals surface area contributed by atoms with Gasteiger partial charge in [0.05, 0.1) is 0 Å². The number of hydrogen-bond donors (Lipinski definition) is 1. The van der Waals surface area contributed by atoms with Crippen molar-refractivity contribution in [1.29, 1.82) is 0 Å². The number of fused-ring (bicyclic) bond motifs is 2. The van der Waals surface area contributed by atoms with Gasteiger partial charge in [-0.15, -0.1) is 0 Å². The molecule has 0 aliphatic carbocycles. The lowest BCUT2D eigenvalue weighted by Gasteiger charge is -2.40. The number of piperidine rings is 1. The highest BCUT2D eigenvalue weighted by Gasteiger charge is 2.30. The topological polar surface area (TPSA) is 15.3 Å². The first-order valence-electron chi connectivity index (χ1n) is 5.88. The fourth-order valence-corrected chi connectivity index (χ4v) is 2.91. The van der Waals surface area contributed by atoms with Crippen molar-refractivity contribution in [2.75, 3.05) is 19.6 Å². The zero-order chi connectivity index (χ0) is 9.10. The minimum Gasteiger partial charge on any atom is -0.315 e. The van der Waals surface area contributed by atoms with E-state index in [1.165, 1.54) is 51.7 Å². The van der Waals surface area contributed by atoms with Gasteiger partial charge in [-0.2, -0.15) is 0 Å². The van der Waals surface area contributed by atoms with Crippen molar-refractivity contribution in [3.05, 3.63) is 0 Å². The Morgan fingerprint density at radius 1 is 1.23 bits per heavy atom. The van der Waals surface area contributed by atoms with Gasteiger partial charge in [0.2, 0.25) is 0 Å². The van der Waals surface area contributed by atoms with E-state index in [-0.39, 0.29) is 0 Å². The Bertz CT molecular complexity index is 144. The van der Waals surface area contributed by atoms with Crippen LogP contribution in [0.5, 0.6) is 0 Å². The van der Waals surface area contributed by atoms with Crippen LogP contribution in [0.15, 0.2) is 0 Å². The van der Waals surface area contributed by atoms with E-state index in [1.54, 1.807) is 0 Å². The molecule has 13 heavy (non-hydrogen) atoms. The molecule has 0 spiro atoms. The first-order valence-corrected chi connectivity index (χ1v) is 5.88. The Hall–Kier alpha value is -0.0800. The average Bonchev–Trinajstić information content (AvgIpc) is 2.28. The second-order valence-corrected chi connectivity index (χ2v) is 4.47. The number of nitrogens with one attached hydrogen (secondary N) is 1. The van der Waals surface area contributed by atoms with Gasteiger partial charge >= 0.3 is 0 Å². The van der Waals surface area contributed by atoms with Gasteiger partial charge in [0, 0.05) is 18.6 Å². The van der Waals surface area contributed by atoms with E-state index >= 15 is 0 Å². The summed E-state index contributed by atoms with van der Waals surface area (Å²) in [7, 11) is 0. The Morgan fingerprint density at radius 3 is 2.92 bits per heavy atom. The molecule has 0 amide bonds. The maximum Gasteiger partial charge on any atom is 0.0223 e. The summed E-state index contributed by atoms with van der Waals surface area (Å²) in [6.07, 6.45) is 7.00. The van der Waals surface area contributed by atoms with Crippen molar-refractivity contribution < 1.29 is 0 Å². The smallest absolute Gasteiger partial charge is 0.0223 e. The summed E-state index contributed by atoms with van der Waals surface area (Å²) in [6.45, 7) is 6.09. The van der Waals surface area contributed by atoms with Gasteiger partial charge in [-0.25, -0.2) is 0 Å². The zero-order valence-corrected chi connectivity index (χ0v) is 8.76. The van der Waals surface area contributed by atoms with Gasteiger partial charge in [0.15, 0.2) is 0 Å². The molecule has 0 saturated carbocycles. The second kappa shape index (κ2) is 4.43. The van der Waals surface area contributed by atoms with E-state index < -0.39 is 0 Å². The van der Waals surface area contributed by atoms with Crippen LogP contribution in [0, 0.1) is 0 Å².